The lowest BCUT2D eigenvalue weighted by Gasteiger charge is -2.40. The number of amides is 1. The quantitative estimate of drug-likeness (QED) is 0.563. The van der Waals surface area contributed by atoms with Gasteiger partial charge in [-0.3, -0.25) is 9.78 Å². The van der Waals surface area contributed by atoms with Crippen LogP contribution in [0.2, 0.25) is 0 Å². The van der Waals surface area contributed by atoms with Gasteiger partial charge in [-0.15, -0.1) is 0 Å². The number of carbonyl (C=O) groups excluding carboxylic acids is 1. The number of hydrogen-bond acceptors (Lipinski definition) is 4. The highest BCUT2D eigenvalue weighted by Crippen LogP contribution is 2.37. The van der Waals surface area contributed by atoms with Crippen molar-refractivity contribution in [3.05, 3.63) is 77.7 Å². The first-order valence-electron chi connectivity index (χ1n) is 12.2. The van der Waals surface area contributed by atoms with Crippen LogP contribution in [0, 0.1) is 17.2 Å². The molecule has 0 saturated carbocycles. The van der Waals surface area contributed by atoms with Crippen molar-refractivity contribution in [2.24, 2.45) is 11.3 Å². The van der Waals surface area contributed by atoms with Gasteiger partial charge in [0.25, 0.3) is 0 Å². The van der Waals surface area contributed by atoms with Crippen LogP contribution in [0.4, 0.5) is 4.39 Å². The standard InChI is InChI=1S/C28H31FN2O3/c29-25-9-2-1-5-24(25)18-28(10-14-33-15-11-28)27(32)31-13-16-34-20-21(19-31)17-23-7-3-6-22-8-4-12-30-26(22)23/h1-9,12,21H,10-11,13-20H2/t21-/m0/s1. The smallest absolute Gasteiger partial charge is 0.229 e. The van der Waals surface area contributed by atoms with Crippen LogP contribution in [0.1, 0.15) is 24.0 Å². The lowest BCUT2D eigenvalue weighted by molar-refractivity contribution is -0.148. The summed E-state index contributed by atoms with van der Waals surface area (Å²) in [5.74, 6) is 0.0247. The Hall–Kier alpha value is -2.83. The van der Waals surface area contributed by atoms with Crippen molar-refractivity contribution in [2.75, 3.05) is 39.5 Å². The summed E-state index contributed by atoms with van der Waals surface area (Å²) in [5.41, 5.74) is 2.14. The molecule has 1 amide bonds. The van der Waals surface area contributed by atoms with Crippen LogP contribution in [0.15, 0.2) is 60.8 Å². The Morgan fingerprint density at radius 2 is 1.79 bits per heavy atom. The highest BCUT2D eigenvalue weighted by molar-refractivity contribution is 5.83. The van der Waals surface area contributed by atoms with E-state index in [0.717, 1.165) is 17.3 Å². The van der Waals surface area contributed by atoms with E-state index in [1.807, 2.05) is 23.2 Å². The SMILES string of the molecule is O=C(N1CCOC[C@@H](Cc2cccc3cccnc23)C1)C1(Cc2ccccc2F)CCOCC1. The van der Waals surface area contributed by atoms with Gasteiger partial charge in [0, 0.05) is 43.8 Å². The van der Waals surface area contributed by atoms with Gasteiger partial charge in [-0.1, -0.05) is 42.5 Å². The molecule has 5 nitrogen and oxygen atoms in total. The summed E-state index contributed by atoms with van der Waals surface area (Å²) in [4.78, 5) is 20.6. The monoisotopic (exact) mass is 462 g/mol. The zero-order chi connectivity index (χ0) is 23.4. The van der Waals surface area contributed by atoms with Crippen LogP contribution in [-0.4, -0.2) is 55.3 Å². The molecule has 0 aliphatic carbocycles. The average Bonchev–Trinajstić information content (AvgIpc) is 3.11. The van der Waals surface area contributed by atoms with Gasteiger partial charge in [-0.05, 0) is 48.9 Å². The second-order valence-corrected chi connectivity index (χ2v) is 9.55. The highest BCUT2D eigenvalue weighted by atomic mass is 19.1. The van der Waals surface area contributed by atoms with Crippen LogP contribution in [-0.2, 0) is 27.1 Å². The Labute approximate surface area is 199 Å². The molecule has 0 bridgehead atoms. The molecular weight excluding hydrogens is 431 g/mol. The number of rotatable bonds is 5. The Morgan fingerprint density at radius 1 is 1.00 bits per heavy atom. The van der Waals surface area contributed by atoms with Gasteiger partial charge in [-0.2, -0.15) is 0 Å². The van der Waals surface area contributed by atoms with E-state index in [2.05, 4.69) is 29.2 Å². The number of benzene rings is 2. The van der Waals surface area contributed by atoms with E-state index in [-0.39, 0.29) is 17.6 Å². The number of nitrogens with zero attached hydrogens (tertiary/aromatic N) is 2. The van der Waals surface area contributed by atoms with Crippen LogP contribution < -0.4 is 0 Å². The molecule has 2 aliphatic rings. The summed E-state index contributed by atoms with van der Waals surface area (Å²) in [5, 5.41) is 1.12. The predicted octanol–water partition coefficient (Wildman–Crippen LogP) is 4.43. The van der Waals surface area contributed by atoms with Crippen LogP contribution in [0.25, 0.3) is 10.9 Å². The Morgan fingerprint density at radius 3 is 2.65 bits per heavy atom. The minimum atomic E-state index is -0.643. The molecule has 0 radical (unpaired) electrons. The molecule has 1 aromatic heterocycles. The predicted molar refractivity (Wildman–Crippen MR) is 129 cm³/mol. The number of para-hydroxylation sites is 1. The zero-order valence-electron chi connectivity index (χ0n) is 19.4. The number of pyridine rings is 1. The average molecular weight is 463 g/mol. The molecule has 0 unspecified atom stereocenters. The second kappa shape index (κ2) is 10.2. The van der Waals surface area contributed by atoms with Gasteiger partial charge in [0.1, 0.15) is 5.82 Å². The summed E-state index contributed by atoms with van der Waals surface area (Å²) < 4.78 is 26.1. The lowest BCUT2D eigenvalue weighted by Crippen LogP contribution is -2.50. The van der Waals surface area contributed by atoms with Crippen molar-refractivity contribution < 1.29 is 18.7 Å². The maximum absolute atomic E-state index is 14.5. The fourth-order valence-corrected chi connectivity index (χ4v) is 5.40. The van der Waals surface area contributed by atoms with Gasteiger partial charge in [0.2, 0.25) is 5.91 Å². The number of halogens is 1. The van der Waals surface area contributed by atoms with E-state index in [0.29, 0.717) is 64.3 Å². The molecule has 3 heterocycles. The maximum atomic E-state index is 14.5. The third kappa shape index (κ3) is 4.84. The van der Waals surface area contributed by atoms with E-state index in [4.69, 9.17) is 9.47 Å². The third-order valence-electron chi connectivity index (χ3n) is 7.24. The van der Waals surface area contributed by atoms with Crippen molar-refractivity contribution in [3.8, 4) is 0 Å². The van der Waals surface area contributed by atoms with Gasteiger partial charge in [0.05, 0.1) is 24.1 Å². The van der Waals surface area contributed by atoms with E-state index in [1.54, 1.807) is 12.1 Å². The highest BCUT2D eigenvalue weighted by Gasteiger charge is 2.43. The Bertz CT molecular complexity index is 1140. The van der Waals surface area contributed by atoms with E-state index in [9.17, 15) is 9.18 Å². The first-order valence-corrected chi connectivity index (χ1v) is 12.2. The summed E-state index contributed by atoms with van der Waals surface area (Å²) in [7, 11) is 0. The lowest BCUT2D eigenvalue weighted by atomic mass is 9.73. The van der Waals surface area contributed by atoms with Crippen molar-refractivity contribution in [3.63, 3.8) is 0 Å². The van der Waals surface area contributed by atoms with Gasteiger partial charge < -0.3 is 14.4 Å². The molecule has 2 fully saturated rings. The minimum Gasteiger partial charge on any atom is -0.381 e. The molecule has 2 aromatic carbocycles. The molecular formula is C28H31FN2O3. The molecule has 5 rings (SSSR count). The maximum Gasteiger partial charge on any atom is 0.229 e. The fourth-order valence-electron chi connectivity index (χ4n) is 5.40. The minimum absolute atomic E-state index is 0.102. The largest absolute Gasteiger partial charge is 0.381 e. The molecule has 2 aliphatic heterocycles. The Kier molecular flexibility index (Phi) is 6.88. The van der Waals surface area contributed by atoms with Gasteiger partial charge >= 0.3 is 0 Å². The molecule has 2 saturated heterocycles. The summed E-state index contributed by atoms with van der Waals surface area (Å²) in [6.07, 6.45) is 4.23. The number of fused-ring (bicyclic) bond motifs is 1. The van der Waals surface area contributed by atoms with Gasteiger partial charge in [-0.25, -0.2) is 4.39 Å². The van der Waals surface area contributed by atoms with Crippen molar-refractivity contribution in [2.45, 2.75) is 25.7 Å². The second-order valence-electron chi connectivity index (χ2n) is 9.55. The molecule has 1 atom stereocenters. The summed E-state index contributed by atoms with van der Waals surface area (Å²) in [6, 6.07) is 17.1. The normalized spacial score (nSPS) is 20.7. The van der Waals surface area contributed by atoms with Crippen molar-refractivity contribution in [1.82, 2.24) is 9.88 Å². The summed E-state index contributed by atoms with van der Waals surface area (Å²) in [6.45, 7) is 3.36. The van der Waals surface area contributed by atoms with E-state index >= 15 is 0 Å². The number of hydrogen-bond donors (Lipinski definition) is 0. The molecule has 6 heteroatoms. The van der Waals surface area contributed by atoms with Crippen molar-refractivity contribution >= 4 is 16.8 Å². The van der Waals surface area contributed by atoms with E-state index in [1.165, 1.54) is 11.6 Å². The van der Waals surface area contributed by atoms with Crippen LogP contribution in [0.5, 0.6) is 0 Å². The first-order chi connectivity index (χ1) is 16.6. The fraction of sp³-hybridized carbons (Fsp3) is 0.429. The molecule has 178 valence electrons. The third-order valence-corrected chi connectivity index (χ3v) is 7.24. The number of aromatic nitrogens is 1. The van der Waals surface area contributed by atoms with E-state index < -0.39 is 5.41 Å². The molecule has 0 spiro atoms. The molecule has 34 heavy (non-hydrogen) atoms. The molecule has 0 N–H and O–H groups in total. The Balaban J connectivity index is 1.37. The summed E-state index contributed by atoms with van der Waals surface area (Å²) >= 11 is 0. The number of carbonyl (C=O) groups is 1. The zero-order valence-corrected chi connectivity index (χ0v) is 19.4. The van der Waals surface area contributed by atoms with Gasteiger partial charge in [0.15, 0.2) is 0 Å². The topological polar surface area (TPSA) is 51.7 Å². The number of ether oxygens (including phenoxy) is 2. The van der Waals surface area contributed by atoms with Crippen LogP contribution >= 0.6 is 0 Å². The molecule has 3 aromatic rings. The first kappa shape index (κ1) is 22.9. The van der Waals surface area contributed by atoms with Crippen molar-refractivity contribution in [1.29, 1.82) is 0 Å². The van der Waals surface area contributed by atoms with Crippen LogP contribution in [0.3, 0.4) is 0 Å².